The van der Waals surface area contributed by atoms with Crippen molar-refractivity contribution in [2.75, 3.05) is 6.61 Å². The van der Waals surface area contributed by atoms with Crippen LogP contribution in [0.4, 0.5) is 4.39 Å². The predicted molar refractivity (Wildman–Crippen MR) is 64.2 cm³/mol. The van der Waals surface area contributed by atoms with Gasteiger partial charge in [0.1, 0.15) is 11.9 Å². The van der Waals surface area contributed by atoms with Crippen molar-refractivity contribution < 1.29 is 14.2 Å². The second kappa shape index (κ2) is 5.15. The summed E-state index contributed by atoms with van der Waals surface area (Å²) in [6.45, 7) is 4.34. The Labute approximate surface area is 101 Å². The monoisotopic (exact) mass is 238 g/mol. The van der Waals surface area contributed by atoms with Crippen molar-refractivity contribution in [3.8, 4) is 0 Å². The van der Waals surface area contributed by atoms with Gasteiger partial charge >= 0.3 is 0 Å². The Hall–Kier alpha value is -0.930. The van der Waals surface area contributed by atoms with Crippen LogP contribution in [0.1, 0.15) is 37.0 Å². The van der Waals surface area contributed by atoms with Crippen LogP contribution in [0, 0.1) is 18.7 Å². The van der Waals surface area contributed by atoms with E-state index in [1.165, 1.54) is 12.1 Å². The molecule has 0 radical (unpaired) electrons. The molecule has 3 heteroatoms. The maximum Gasteiger partial charge on any atom is 0.123 e. The van der Waals surface area contributed by atoms with Crippen LogP contribution in [0.5, 0.6) is 0 Å². The topological polar surface area (TPSA) is 29.5 Å². The largest absolute Gasteiger partial charge is 0.386 e. The first-order valence-corrected chi connectivity index (χ1v) is 6.19. The Kier molecular flexibility index (Phi) is 3.79. The average Bonchev–Trinajstić information content (AvgIpc) is 3.09. The molecule has 1 saturated carbocycles. The average molecular weight is 238 g/mol. The maximum atomic E-state index is 13.0. The number of aliphatic hydroxyl groups is 1. The molecule has 0 saturated heterocycles. The SMILES string of the molecule is CCOC(C1CC1)C(O)c1ccc(F)cc1C. The third kappa shape index (κ3) is 2.85. The van der Waals surface area contributed by atoms with Gasteiger partial charge in [-0.25, -0.2) is 4.39 Å². The van der Waals surface area contributed by atoms with E-state index in [4.69, 9.17) is 4.74 Å². The molecule has 0 spiro atoms. The third-order valence-electron chi connectivity index (χ3n) is 3.31. The molecule has 17 heavy (non-hydrogen) atoms. The van der Waals surface area contributed by atoms with Gasteiger partial charge in [-0.1, -0.05) is 6.07 Å². The Morgan fingerprint density at radius 3 is 2.71 bits per heavy atom. The second-order valence-electron chi connectivity index (χ2n) is 4.70. The molecule has 2 nitrogen and oxygen atoms in total. The molecule has 0 aromatic heterocycles. The van der Waals surface area contributed by atoms with E-state index in [2.05, 4.69) is 0 Å². The van der Waals surface area contributed by atoms with Gasteiger partial charge < -0.3 is 9.84 Å². The number of benzene rings is 1. The standard InChI is InChI=1S/C14H19FO2/c1-3-17-14(10-4-5-10)13(16)12-7-6-11(15)8-9(12)2/h6-8,10,13-14,16H,3-5H2,1-2H3. The summed E-state index contributed by atoms with van der Waals surface area (Å²) in [7, 11) is 0. The molecule has 0 aliphatic heterocycles. The van der Waals surface area contributed by atoms with E-state index in [1.807, 2.05) is 13.8 Å². The Balaban J connectivity index is 2.18. The van der Waals surface area contributed by atoms with E-state index >= 15 is 0 Å². The van der Waals surface area contributed by atoms with Crippen molar-refractivity contribution >= 4 is 0 Å². The molecule has 1 aromatic rings. The quantitative estimate of drug-likeness (QED) is 0.854. The highest BCUT2D eigenvalue weighted by Crippen LogP contribution is 2.40. The number of rotatable bonds is 5. The summed E-state index contributed by atoms with van der Waals surface area (Å²) in [5, 5.41) is 10.3. The summed E-state index contributed by atoms with van der Waals surface area (Å²) < 4.78 is 18.6. The molecule has 1 fully saturated rings. The molecule has 2 rings (SSSR count). The van der Waals surface area contributed by atoms with E-state index in [0.29, 0.717) is 12.5 Å². The Morgan fingerprint density at radius 2 is 2.18 bits per heavy atom. The summed E-state index contributed by atoms with van der Waals surface area (Å²) in [5.41, 5.74) is 1.56. The van der Waals surface area contributed by atoms with Crippen molar-refractivity contribution in [2.24, 2.45) is 5.92 Å². The molecule has 0 amide bonds. The van der Waals surface area contributed by atoms with Gasteiger partial charge in [-0.2, -0.15) is 0 Å². The number of ether oxygens (including phenoxy) is 1. The number of hydrogen-bond acceptors (Lipinski definition) is 2. The van der Waals surface area contributed by atoms with E-state index in [9.17, 15) is 9.50 Å². The summed E-state index contributed by atoms with van der Waals surface area (Å²) in [6.07, 6.45) is 1.43. The Bertz CT molecular complexity index is 388. The fraction of sp³-hybridized carbons (Fsp3) is 0.571. The lowest BCUT2D eigenvalue weighted by atomic mass is 9.97. The molecule has 1 aliphatic carbocycles. The predicted octanol–water partition coefficient (Wildman–Crippen LogP) is 2.98. The minimum Gasteiger partial charge on any atom is -0.386 e. The number of aryl methyl sites for hydroxylation is 1. The minimum absolute atomic E-state index is 0.149. The maximum absolute atomic E-state index is 13.0. The van der Waals surface area contributed by atoms with E-state index in [0.717, 1.165) is 24.0 Å². The van der Waals surface area contributed by atoms with Gasteiger partial charge in [-0.05, 0) is 55.9 Å². The first-order valence-electron chi connectivity index (χ1n) is 6.19. The highest BCUT2D eigenvalue weighted by Gasteiger charge is 2.37. The van der Waals surface area contributed by atoms with Crippen molar-refractivity contribution in [2.45, 2.75) is 38.9 Å². The Morgan fingerprint density at radius 1 is 1.47 bits per heavy atom. The smallest absolute Gasteiger partial charge is 0.123 e. The van der Waals surface area contributed by atoms with Crippen molar-refractivity contribution in [1.82, 2.24) is 0 Å². The molecule has 2 unspecified atom stereocenters. The third-order valence-corrected chi connectivity index (χ3v) is 3.31. The molecule has 1 aliphatic rings. The number of hydrogen-bond donors (Lipinski definition) is 1. The molecular formula is C14H19FO2. The highest BCUT2D eigenvalue weighted by molar-refractivity contribution is 5.29. The van der Waals surface area contributed by atoms with Gasteiger partial charge in [-0.15, -0.1) is 0 Å². The van der Waals surface area contributed by atoms with Crippen LogP contribution in [-0.4, -0.2) is 17.8 Å². The minimum atomic E-state index is -0.650. The first kappa shape index (κ1) is 12.5. The molecule has 2 atom stereocenters. The molecule has 94 valence electrons. The lowest BCUT2D eigenvalue weighted by Gasteiger charge is -2.24. The summed E-state index contributed by atoms with van der Waals surface area (Å²) in [4.78, 5) is 0. The first-order chi connectivity index (χ1) is 8.13. The van der Waals surface area contributed by atoms with Crippen molar-refractivity contribution in [3.63, 3.8) is 0 Å². The lowest BCUT2D eigenvalue weighted by Crippen LogP contribution is -2.25. The fourth-order valence-corrected chi connectivity index (χ4v) is 2.25. The second-order valence-corrected chi connectivity index (χ2v) is 4.70. The van der Waals surface area contributed by atoms with Crippen LogP contribution in [0.15, 0.2) is 18.2 Å². The molecule has 0 heterocycles. The zero-order chi connectivity index (χ0) is 12.4. The van der Waals surface area contributed by atoms with Crippen LogP contribution in [0.25, 0.3) is 0 Å². The molecular weight excluding hydrogens is 219 g/mol. The highest BCUT2D eigenvalue weighted by atomic mass is 19.1. The van der Waals surface area contributed by atoms with Crippen LogP contribution in [0.2, 0.25) is 0 Å². The lowest BCUT2D eigenvalue weighted by molar-refractivity contribution is -0.0464. The van der Waals surface area contributed by atoms with Gasteiger partial charge in [0.05, 0.1) is 6.10 Å². The molecule has 1 aromatic carbocycles. The van der Waals surface area contributed by atoms with Gasteiger partial charge in [0.25, 0.3) is 0 Å². The summed E-state index contributed by atoms with van der Waals surface area (Å²) >= 11 is 0. The summed E-state index contributed by atoms with van der Waals surface area (Å²) in [5.74, 6) is 0.187. The molecule has 0 bridgehead atoms. The fourth-order valence-electron chi connectivity index (χ4n) is 2.25. The van der Waals surface area contributed by atoms with Gasteiger partial charge in [0, 0.05) is 6.61 Å². The van der Waals surface area contributed by atoms with Crippen LogP contribution in [0.3, 0.4) is 0 Å². The zero-order valence-electron chi connectivity index (χ0n) is 10.3. The number of halogens is 1. The zero-order valence-corrected chi connectivity index (χ0v) is 10.3. The van der Waals surface area contributed by atoms with E-state index in [-0.39, 0.29) is 11.9 Å². The molecule has 1 N–H and O–H groups in total. The van der Waals surface area contributed by atoms with Crippen LogP contribution >= 0.6 is 0 Å². The summed E-state index contributed by atoms with van der Waals surface area (Å²) in [6, 6.07) is 4.50. The number of aliphatic hydroxyl groups excluding tert-OH is 1. The van der Waals surface area contributed by atoms with Crippen molar-refractivity contribution in [1.29, 1.82) is 0 Å². The van der Waals surface area contributed by atoms with Crippen LogP contribution in [-0.2, 0) is 4.74 Å². The van der Waals surface area contributed by atoms with Gasteiger partial charge in [-0.3, -0.25) is 0 Å². The van der Waals surface area contributed by atoms with Crippen LogP contribution < -0.4 is 0 Å². The normalized spacial score (nSPS) is 19.1. The van der Waals surface area contributed by atoms with E-state index in [1.54, 1.807) is 6.07 Å². The van der Waals surface area contributed by atoms with Gasteiger partial charge in [0.2, 0.25) is 0 Å². The van der Waals surface area contributed by atoms with Crippen molar-refractivity contribution in [3.05, 3.63) is 35.1 Å². The van der Waals surface area contributed by atoms with E-state index < -0.39 is 6.10 Å². The van der Waals surface area contributed by atoms with Gasteiger partial charge in [0.15, 0.2) is 0 Å².